The zero-order valence-electron chi connectivity index (χ0n) is 10.9. The maximum absolute atomic E-state index is 11.2. The van der Waals surface area contributed by atoms with Crippen LogP contribution in [0, 0.1) is 0 Å². The number of anilines is 2. The number of carboxylic acid groups (broad SMARTS) is 1. The van der Waals surface area contributed by atoms with E-state index < -0.39 is 5.97 Å². The molecule has 5 heteroatoms. The molecule has 0 aliphatic carbocycles. The van der Waals surface area contributed by atoms with Gasteiger partial charge in [-0.1, -0.05) is 18.2 Å². The van der Waals surface area contributed by atoms with Crippen molar-refractivity contribution >= 4 is 44.2 Å². The van der Waals surface area contributed by atoms with Gasteiger partial charge in [0.2, 0.25) is 0 Å². The molecular weight excluding hydrogens is 332 g/mol. The highest BCUT2D eigenvalue weighted by Gasteiger charge is 2.09. The number of aromatic nitrogens is 1. The first-order valence-corrected chi connectivity index (χ1v) is 7.08. The first-order chi connectivity index (χ1) is 10.1. The number of carboxylic acids is 1. The van der Waals surface area contributed by atoms with E-state index in [1.54, 1.807) is 18.3 Å². The highest BCUT2D eigenvalue weighted by Crippen LogP contribution is 2.27. The van der Waals surface area contributed by atoms with Crippen molar-refractivity contribution in [3.8, 4) is 0 Å². The minimum atomic E-state index is -0.967. The molecule has 2 N–H and O–H groups in total. The van der Waals surface area contributed by atoms with Crippen molar-refractivity contribution < 1.29 is 9.90 Å². The molecule has 1 aromatic heterocycles. The summed E-state index contributed by atoms with van der Waals surface area (Å²) in [6.45, 7) is 0. The predicted octanol–water partition coefficient (Wildman–Crippen LogP) is 4.44. The number of aromatic carboxylic acids is 1. The molecule has 0 saturated heterocycles. The molecule has 0 spiro atoms. The summed E-state index contributed by atoms with van der Waals surface area (Å²) in [6.07, 6.45) is 1.72. The number of pyridine rings is 1. The molecule has 4 nitrogen and oxygen atoms in total. The molecule has 21 heavy (non-hydrogen) atoms. The van der Waals surface area contributed by atoms with E-state index in [9.17, 15) is 4.79 Å². The molecule has 0 amide bonds. The molecule has 0 aliphatic rings. The van der Waals surface area contributed by atoms with Gasteiger partial charge in [-0.15, -0.1) is 0 Å². The van der Waals surface area contributed by atoms with Gasteiger partial charge in [0.25, 0.3) is 0 Å². The number of fused-ring (bicyclic) bond motifs is 1. The third kappa shape index (κ3) is 2.73. The van der Waals surface area contributed by atoms with E-state index in [1.165, 1.54) is 0 Å². The SMILES string of the molecule is O=C(O)c1cc(Nc2ccnc3ccccc23)ccc1Br. The Morgan fingerprint density at radius 1 is 1.14 bits per heavy atom. The Bertz CT molecular complexity index is 828. The fourth-order valence-electron chi connectivity index (χ4n) is 2.13. The smallest absolute Gasteiger partial charge is 0.336 e. The lowest BCUT2D eigenvalue weighted by molar-refractivity contribution is 0.0696. The molecular formula is C16H11BrN2O2. The second kappa shape index (κ2) is 5.54. The summed E-state index contributed by atoms with van der Waals surface area (Å²) in [5, 5.41) is 13.4. The molecule has 104 valence electrons. The lowest BCUT2D eigenvalue weighted by Crippen LogP contribution is -2.00. The molecule has 0 atom stereocenters. The van der Waals surface area contributed by atoms with E-state index in [-0.39, 0.29) is 5.56 Å². The van der Waals surface area contributed by atoms with E-state index in [0.29, 0.717) is 10.2 Å². The molecule has 0 bridgehead atoms. The Morgan fingerprint density at radius 3 is 2.76 bits per heavy atom. The number of para-hydroxylation sites is 1. The van der Waals surface area contributed by atoms with Gasteiger partial charge in [0, 0.05) is 27.4 Å². The second-order valence-corrected chi connectivity index (χ2v) is 5.35. The third-order valence-corrected chi connectivity index (χ3v) is 3.82. The summed E-state index contributed by atoms with van der Waals surface area (Å²) in [4.78, 5) is 15.5. The fraction of sp³-hybridized carbons (Fsp3) is 0. The van der Waals surface area contributed by atoms with Crippen molar-refractivity contribution in [2.45, 2.75) is 0 Å². The van der Waals surface area contributed by atoms with Crippen molar-refractivity contribution in [3.63, 3.8) is 0 Å². The molecule has 0 radical (unpaired) electrons. The zero-order chi connectivity index (χ0) is 14.8. The monoisotopic (exact) mass is 342 g/mol. The van der Waals surface area contributed by atoms with Crippen LogP contribution in [0.5, 0.6) is 0 Å². The van der Waals surface area contributed by atoms with Crippen LogP contribution in [0.2, 0.25) is 0 Å². The Labute approximate surface area is 129 Å². The molecule has 3 aromatic rings. The minimum Gasteiger partial charge on any atom is -0.478 e. The van der Waals surface area contributed by atoms with Crippen LogP contribution in [0.3, 0.4) is 0 Å². The van der Waals surface area contributed by atoms with E-state index in [0.717, 1.165) is 16.6 Å². The van der Waals surface area contributed by atoms with Crippen LogP contribution in [-0.2, 0) is 0 Å². The van der Waals surface area contributed by atoms with Gasteiger partial charge in [-0.3, -0.25) is 4.98 Å². The van der Waals surface area contributed by atoms with E-state index in [1.807, 2.05) is 36.4 Å². The largest absolute Gasteiger partial charge is 0.478 e. The number of nitrogens with zero attached hydrogens (tertiary/aromatic N) is 1. The summed E-state index contributed by atoms with van der Waals surface area (Å²) in [5.41, 5.74) is 2.71. The highest BCUT2D eigenvalue weighted by atomic mass is 79.9. The van der Waals surface area contributed by atoms with Crippen LogP contribution in [0.15, 0.2) is 59.2 Å². The zero-order valence-corrected chi connectivity index (χ0v) is 12.5. The molecule has 2 aromatic carbocycles. The average molecular weight is 343 g/mol. The molecule has 0 saturated carbocycles. The number of hydrogen-bond acceptors (Lipinski definition) is 3. The molecule has 1 heterocycles. The molecule has 0 unspecified atom stereocenters. The summed E-state index contributed by atoms with van der Waals surface area (Å²) in [7, 11) is 0. The van der Waals surface area contributed by atoms with Gasteiger partial charge < -0.3 is 10.4 Å². The van der Waals surface area contributed by atoms with Crippen molar-refractivity contribution in [2.24, 2.45) is 0 Å². The fourth-order valence-corrected chi connectivity index (χ4v) is 2.54. The van der Waals surface area contributed by atoms with Crippen LogP contribution in [0.25, 0.3) is 10.9 Å². The van der Waals surface area contributed by atoms with Crippen LogP contribution >= 0.6 is 15.9 Å². The number of nitrogens with one attached hydrogen (secondary N) is 1. The maximum atomic E-state index is 11.2. The van der Waals surface area contributed by atoms with Gasteiger partial charge in [-0.2, -0.15) is 0 Å². The average Bonchev–Trinajstić information content (AvgIpc) is 2.49. The van der Waals surface area contributed by atoms with Gasteiger partial charge in [0.1, 0.15) is 0 Å². The highest BCUT2D eigenvalue weighted by molar-refractivity contribution is 9.10. The Morgan fingerprint density at radius 2 is 1.95 bits per heavy atom. The standard InChI is InChI=1S/C16H11BrN2O2/c17-13-6-5-10(9-12(13)16(20)21)19-15-7-8-18-14-4-2-1-3-11(14)15/h1-9H,(H,18,19)(H,20,21). The number of halogens is 1. The van der Waals surface area contributed by atoms with Crippen LogP contribution in [-0.4, -0.2) is 16.1 Å². The van der Waals surface area contributed by atoms with Crippen molar-refractivity contribution in [1.82, 2.24) is 4.98 Å². The number of benzene rings is 2. The van der Waals surface area contributed by atoms with E-state index in [2.05, 4.69) is 26.2 Å². The first-order valence-electron chi connectivity index (χ1n) is 6.29. The Kier molecular flexibility index (Phi) is 3.58. The van der Waals surface area contributed by atoms with E-state index >= 15 is 0 Å². The van der Waals surface area contributed by atoms with Gasteiger partial charge >= 0.3 is 5.97 Å². The molecule has 0 aliphatic heterocycles. The predicted molar refractivity (Wildman–Crippen MR) is 86.1 cm³/mol. The first kappa shape index (κ1) is 13.6. The normalized spacial score (nSPS) is 10.5. The van der Waals surface area contributed by atoms with Crippen LogP contribution in [0.4, 0.5) is 11.4 Å². The van der Waals surface area contributed by atoms with Gasteiger partial charge in [0.15, 0.2) is 0 Å². The van der Waals surface area contributed by atoms with Crippen molar-refractivity contribution in [1.29, 1.82) is 0 Å². The Hall–Kier alpha value is -2.40. The van der Waals surface area contributed by atoms with Crippen molar-refractivity contribution in [2.75, 3.05) is 5.32 Å². The molecule has 3 rings (SSSR count). The summed E-state index contributed by atoms with van der Waals surface area (Å²) >= 11 is 3.24. The lowest BCUT2D eigenvalue weighted by Gasteiger charge is -2.10. The quantitative estimate of drug-likeness (QED) is 0.738. The summed E-state index contributed by atoms with van der Waals surface area (Å²) < 4.78 is 0.556. The van der Waals surface area contributed by atoms with Crippen molar-refractivity contribution in [3.05, 3.63) is 64.8 Å². The summed E-state index contributed by atoms with van der Waals surface area (Å²) in [6, 6.07) is 14.8. The second-order valence-electron chi connectivity index (χ2n) is 4.50. The number of carbonyl (C=O) groups is 1. The van der Waals surface area contributed by atoms with Gasteiger partial charge in [-0.25, -0.2) is 4.79 Å². The topological polar surface area (TPSA) is 62.2 Å². The minimum absolute atomic E-state index is 0.221. The van der Waals surface area contributed by atoms with Crippen LogP contribution < -0.4 is 5.32 Å². The van der Waals surface area contributed by atoms with Gasteiger partial charge in [-0.05, 0) is 46.3 Å². The Balaban J connectivity index is 2.03. The van der Waals surface area contributed by atoms with Crippen LogP contribution in [0.1, 0.15) is 10.4 Å². The number of hydrogen-bond donors (Lipinski definition) is 2. The molecule has 0 fully saturated rings. The number of rotatable bonds is 3. The third-order valence-electron chi connectivity index (χ3n) is 3.12. The lowest BCUT2D eigenvalue weighted by atomic mass is 10.1. The summed E-state index contributed by atoms with van der Waals surface area (Å²) in [5.74, 6) is -0.967. The van der Waals surface area contributed by atoms with E-state index in [4.69, 9.17) is 5.11 Å². The van der Waals surface area contributed by atoms with Gasteiger partial charge in [0.05, 0.1) is 11.1 Å². The maximum Gasteiger partial charge on any atom is 0.336 e.